The first-order valence-corrected chi connectivity index (χ1v) is 4.45. The first-order chi connectivity index (χ1) is 5.36. The number of hydrogen-bond donors (Lipinski definition) is 0. The second-order valence-corrected chi connectivity index (χ2v) is 2.77. The highest BCUT2D eigenvalue weighted by Crippen LogP contribution is 2.22. The Morgan fingerprint density at radius 2 is 1.73 bits per heavy atom. The molecule has 0 heterocycles. The van der Waals surface area contributed by atoms with Gasteiger partial charge < -0.3 is 0 Å². The third kappa shape index (κ3) is 1.62. The summed E-state index contributed by atoms with van der Waals surface area (Å²) in [6.45, 7) is 6.15. The van der Waals surface area contributed by atoms with Crippen LogP contribution in [0.2, 0.25) is 0 Å². The Labute approximate surface area is 70.7 Å². The monoisotopic (exact) mass is 150 g/mol. The van der Waals surface area contributed by atoms with Gasteiger partial charge in [0.15, 0.2) is 0 Å². The van der Waals surface area contributed by atoms with Crippen molar-refractivity contribution in [2.45, 2.75) is 33.6 Å². The summed E-state index contributed by atoms with van der Waals surface area (Å²) in [5.74, 6) is 0. The van der Waals surface area contributed by atoms with Crippen molar-refractivity contribution < 1.29 is 1.43 Å². The van der Waals surface area contributed by atoms with Crippen LogP contribution in [0.3, 0.4) is 0 Å². The minimum atomic E-state index is 0. The fraction of sp³-hybridized carbons (Fsp3) is 0.455. The molecule has 0 amide bonds. The van der Waals surface area contributed by atoms with Crippen LogP contribution in [0.1, 0.15) is 32.0 Å². The first-order valence-electron chi connectivity index (χ1n) is 4.45. The molecule has 1 aliphatic carbocycles. The molecule has 11 heavy (non-hydrogen) atoms. The predicted octanol–water partition coefficient (Wildman–Crippen LogP) is 3.37. The van der Waals surface area contributed by atoms with E-state index in [-0.39, 0.29) is 1.43 Å². The predicted molar refractivity (Wildman–Crippen MR) is 52.0 cm³/mol. The van der Waals surface area contributed by atoms with Gasteiger partial charge in [0.25, 0.3) is 0 Å². The maximum absolute atomic E-state index is 2.29. The summed E-state index contributed by atoms with van der Waals surface area (Å²) in [6.07, 6.45) is 2.60. The zero-order valence-corrected chi connectivity index (χ0v) is 7.65. The minimum Gasteiger partial charge on any atom is -0.0683 e. The molecule has 1 aliphatic rings. The van der Waals surface area contributed by atoms with Crippen LogP contribution >= 0.6 is 0 Å². The van der Waals surface area contributed by atoms with Gasteiger partial charge in [-0.05, 0) is 30.9 Å². The number of rotatable bonds is 0. The molecule has 1 aromatic rings. The molecule has 62 valence electrons. The van der Waals surface area contributed by atoms with Gasteiger partial charge in [0, 0.05) is 1.43 Å². The molecule has 0 atom stereocenters. The van der Waals surface area contributed by atoms with Crippen molar-refractivity contribution in [2.24, 2.45) is 0 Å². The summed E-state index contributed by atoms with van der Waals surface area (Å²) in [5, 5.41) is 0. The third-order valence-electron chi connectivity index (χ3n) is 2.03. The van der Waals surface area contributed by atoms with E-state index in [1.54, 1.807) is 11.1 Å². The highest BCUT2D eigenvalue weighted by molar-refractivity contribution is 5.37. The summed E-state index contributed by atoms with van der Waals surface area (Å²) < 4.78 is 0. The van der Waals surface area contributed by atoms with E-state index in [1.165, 1.54) is 18.4 Å². The van der Waals surface area contributed by atoms with Gasteiger partial charge in [-0.25, -0.2) is 0 Å². The Bertz CT molecular complexity index is 241. The first kappa shape index (κ1) is 8.32. The van der Waals surface area contributed by atoms with E-state index < -0.39 is 0 Å². The fourth-order valence-corrected chi connectivity index (χ4v) is 1.32. The molecule has 0 fully saturated rings. The van der Waals surface area contributed by atoms with Gasteiger partial charge in [0.05, 0.1) is 0 Å². The largest absolute Gasteiger partial charge is 0.0683 e. The summed E-state index contributed by atoms with van der Waals surface area (Å²) in [6, 6.07) is 6.73. The number of benzene rings is 1. The molecule has 0 saturated carbocycles. The molecule has 0 unspecified atom stereocenters. The Hall–Kier alpha value is -0.780. The Morgan fingerprint density at radius 3 is 2.09 bits per heavy atom. The third-order valence-corrected chi connectivity index (χ3v) is 2.03. The molecule has 0 aromatic heterocycles. The number of hydrogen-bond acceptors (Lipinski definition) is 0. The van der Waals surface area contributed by atoms with Crippen LogP contribution < -0.4 is 0 Å². The number of aryl methyl sites for hydroxylation is 3. The second kappa shape index (κ2) is 3.56. The Balaban J connectivity index is 0.000000378. The molecule has 2 rings (SSSR count). The van der Waals surface area contributed by atoms with E-state index in [1.807, 2.05) is 13.8 Å². The van der Waals surface area contributed by atoms with E-state index >= 15 is 0 Å². The van der Waals surface area contributed by atoms with Gasteiger partial charge in [0.1, 0.15) is 0 Å². The maximum Gasteiger partial charge on any atom is 0 e. The molecular weight excluding hydrogens is 132 g/mol. The lowest BCUT2D eigenvalue weighted by molar-refractivity contribution is 0.837. The van der Waals surface area contributed by atoms with E-state index in [0.717, 1.165) is 0 Å². The molecule has 0 saturated heterocycles. The normalized spacial score (nSPS) is 12.3. The van der Waals surface area contributed by atoms with E-state index in [2.05, 4.69) is 25.1 Å². The molecule has 0 spiro atoms. The molecule has 0 aliphatic heterocycles. The van der Waals surface area contributed by atoms with Gasteiger partial charge in [-0.1, -0.05) is 37.6 Å². The van der Waals surface area contributed by atoms with E-state index in [4.69, 9.17) is 0 Å². The van der Waals surface area contributed by atoms with Crippen molar-refractivity contribution in [3.05, 3.63) is 34.9 Å². The molecule has 0 heteroatoms. The van der Waals surface area contributed by atoms with Crippen LogP contribution in [0.5, 0.6) is 0 Å². The van der Waals surface area contributed by atoms with Gasteiger partial charge in [-0.15, -0.1) is 0 Å². The van der Waals surface area contributed by atoms with Crippen LogP contribution in [0.15, 0.2) is 18.2 Å². The smallest absolute Gasteiger partial charge is 0 e. The van der Waals surface area contributed by atoms with Gasteiger partial charge >= 0.3 is 0 Å². The lowest BCUT2D eigenvalue weighted by Crippen LogP contribution is -2.07. The molecule has 0 N–H and O–H groups in total. The SMILES string of the molecule is CC.Cc1ccc2c(c1)CC2.[HH]. The van der Waals surface area contributed by atoms with E-state index in [0.29, 0.717) is 0 Å². The average molecular weight is 150 g/mol. The maximum atomic E-state index is 2.29. The summed E-state index contributed by atoms with van der Waals surface area (Å²) >= 11 is 0. The van der Waals surface area contributed by atoms with Crippen molar-refractivity contribution in [3.63, 3.8) is 0 Å². The molecule has 0 bridgehead atoms. The Morgan fingerprint density at radius 1 is 1.09 bits per heavy atom. The van der Waals surface area contributed by atoms with Gasteiger partial charge in [-0.3, -0.25) is 0 Å². The van der Waals surface area contributed by atoms with Crippen molar-refractivity contribution >= 4 is 0 Å². The minimum absolute atomic E-state index is 0. The highest BCUT2D eigenvalue weighted by Gasteiger charge is 2.10. The second-order valence-electron chi connectivity index (χ2n) is 2.77. The summed E-state index contributed by atoms with van der Waals surface area (Å²) in [7, 11) is 0. The number of fused-ring (bicyclic) bond motifs is 1. The van der Waals surface area contributed by atoms with Crippen molar-refractivity contribution in [1.29, 1.82) is 0 Å². The fourth-order valence-electron chi connectivity index (χ4n) is 1.32. The quantitative estimate of drug-likeness (QED) is 0.532. The van der Waals surface area contributed by atoms with Crippen LogP contribution in [-0.2, 0) is 12.8 Å². The average Bonchev–Trinajstić information content (AvgIpc) is 2.01. The van der Waals surface area contributed by atoms with Crippen LogP contribution in [0.4, 0.5) is 0 Å². The molecule has 0 radical (unpaired) electrons. The lowest BCUT2D eigenvalue weighted by atomic mass is 9.88. The highest BCUT2D eigenvalue weighted by atomic mass is 14.2. The van der Waals surface area contributed by atoms with Crippen molar-refractivity contribution in [1.82, 2.24) is 0 Å². The Kier molecular flexibility index (Phi) is 2.70. The van der Waals surface area contributed by atoms with Crippen molar-refractivity contribution in [2.75, 3.05) is 0 Å². The zero-order chi connectivity index (χ0) is 8.27. The van der Waals surface area contributed by atoms with E-state index in [9.17, 15) is 0 Å². The van der Waals surface area contributed by atoms with Crippen molar-refractivity contribution in [3.8, 4) is 0 Å². The van der Waals surface area contributed by atoms with Crippen LogP contribution in [0, 0.1) is 6.92 Å². The van der Waals surface area contributed by atoms with Gasteiger partial charge in [-0.2, -0.15) is 0 Å². The molecule has 0 nitrogen and oxygen atoms in total. The van der Waals surface area contributed by atoms with Crippen LogP contribution in [-0.4, -0.2) is 0 Å². The van der Waals surface area contributed by atoms with Gasteiger partial charge in [0.2, 0.25) is 0 Å². The summed E-state index contributed by atoms with van der Waals surface area (Å²) in [5.41, 5.74) is 4.52. The molecule has 1 aromatic carbocycles. The topological polar surface area (TPSA) is 0 Å². The molecular formula is C11H18. The zero-order valence-electron chi connectivity index (χ0n) is 7.65. The summed E-state index contributed by atoms with van der Waals surface area (Å²) in [4.78, 5) is 0. The standard InChI is InChI=1S/C9H10.C2H6.H2/c1-7-2-3-8-4-5-9(8)6-7;1-2;/h2-3,6H,4-5H2,1H3;1-2H3;1H. The lowest BCUT2D eigenvalue weighted by Gasteiger charge is -2.18. The van der Waals surface area contributed by atoms with Crippen LogP contribution in [0.25, 0.3) is 0 Å².